The first kappa shape index (κ1) is 22.2. The van der Waals surface area contributed by atoms with Crippen LogP contribution in [0.3, 0.4) is 0 Å². The van der Waals surface area contributed by atoms with Crippen LogP contribution in [-0.4, -0.2) is 6.04 Å². The summed E-state index contributed by atoms with van der Waals surface area (Å²) in [5.74, 6) is 0. The highest BCUT2D eigenvalue weighted by Crippen LogP contribution is 2.48. The second-order valence-corrected chi connectivity index (χ2v) is 10.3. The summed E-state index contributed by atoms with van der Waals surface area (Å²) in [4.78, 5) is 2.45. The van der Waals surface area contributed by atoms with Gasteiger partial charge in [0.15, 0.2) is 5.58 Å². The molecule has 39 heavy (non-hydrogen) atoms. The number of nitrogens with zero attached hydrogens (tertiary/aromatic N) is 1. The molecule has 0 N–H and O–H groups in total. The average Bonchev–Trinajstić information content (AvgIpc) is 3.57. The second-order valence-electron chi connectivity index (χ2n) is 10.3. The van der Waals surface area contributed by atoms with Crippen LogP contribution < -0.4 is 4.90 Å². The number of benzene rings is 4. The molecular formula is C36H27NO2. The molecular weight excluding hydrogens is 478 g/mol. The minimum atomic E-state index is 0.130. The van der Waals surface area contributed by atoms with E-state index in [1.54, 1.807) is 0 Å². The predicted molar refractivity (Wildman–Crippen MR) is 163 cm³/mol. The molecule has 0 saturated carbocycles. The fraction of sp³-hybridized carbons (Fsp3) is 0.111. The summed E-state index contributed by atoms with van der Waals surface area (Å²) in [6, 6.07) is 27.9. The first-order valence-electron chi connectivity index (χ1n) is 13.7. The van der Waals surface area contributed by atoms with Gasteiger partial charge < -0.3 is 13.7 Å². The molecule has 0 radical (unpaired) electrons. The fourth-order valence-electron chi connectivity index (χ4n) is 6.16. The van der Waals surface area contributed by atoms with Crippen LogP contribution in [0.15, 0.2) is 130 Å². The Morgan fingerprint density at radius 1 is 0.692 bits per heavy atom. The lowest BCUT2D eigenvalue weighted by molar-refractivity contribution is 0.661. The Kier molecular flexibility index (Phi) is 5.09. The number of hydrogen-bond acceptors (Lipinski definition) is 3. The maximum Gasteiger partial charge on any atom is 0.159 e. The Bertz CT molecular complexity index is 1990. The quantitative estimate of drug-likeness (QED) is 0.239. The van der Waals surface area contributed by atoms with Gasteiger partial charge in [0.25, 0.3) is 0 Å². The molecule has 8 rings (SSSR count). The molecule has 0 spiro atoms. The molecule has 3 nitrogen and oxygen atoms in total. The molecule has 6 aromatic rings. The largest absolute Gasteiger partial charge is 0.456 e. The zero-order valence-electron chi connectivity index (χ0n) is 21.5. The van der Waals surface area contributed by atoms with Gasteiger partial charge in [0.2, 0.25) is 0 Å². The Balaban J connectivity index is 1.44. The summed E-state index contributed by atoms with van der Waals surface area (Å²) in [5, 5.41) is 4.35. The first-order valence-corrected chi connectivity index (χ1v) is 13.7. The van der Waals surface area contributed by atoms with Gasteiger partial charge in [-0.2, -0.15) is 0 Å². The average molecular weight is 506 g/mol. The van der Waals surface area contributed by atoms with Crippen molar-refractivity contribution in [3.05, 3.63) is 127 Å². The number of fused-ring (bicyclic) bond motifs is 6. The molecule has 2 aliphatic carbocycles. The first-order chi connectivity index (χ1) is 19.3. The van der Waals surface area contributed by atoms with E-state index in [0.29, 0.717) is 0 Å². The molecule has 3 heteroatoms. The molecule has 0 bridgehead atoms. The van der Waals surface area contributed by atoms with Gasteiger partial charge in [0.1, 0.15) is 16.7 Å². The van der Waals surface area contributed by atoms with Gasteiger partial charge in [-0.05, 0) is 60.7 Å². The number of para-hydroxylation sites is 2. The summed E-state index contributed by atoms with van der Waals surface area (Å²) >= 11 is 0. The summed E-state index contributed by atoms with van der Waals surface area (Å²) < 4.78 is 13.2. The van der Waals surface area contributed by atoms with Crippen LogP contribution in [0.25, 0.3) is 49.5 Å². The van der Waals surface area contributed by atoms with E-state index >= 15 is 0 Å². The minimum absolute atomic E-state index is 0.130. The Hall–Kier alpha value is -4.76. The van der Waals surface area contributed by atoms with Crippen molar-refractivity contribution in [1.29, 1.82) is 0 Å². The van der Waals surface area contributed by atoms with Crippen LogP contribution in [-0.2, 0) is 0 Å². The normalized spacial score (nSPS) is 17.0. The number of rotatable bonds is 4. The molecule has 4 aromatic carbocycles. The van der Waals surface area contributed by atoms with Crippen molar-refractivity contribution < 1.29 is 8.83 Å². The van der Waals surface area contributed by atoms with Crippen LogP contribution in [0.4, 0.5) is 11.4 Å². The van der Waals surface area contributed by atoms with E-state index in [-0.39, 0.29) is 6.04 Å². The highest BCUT2D eigenvalue weighted by molar-refractivity contribution is 6.23. The van der Waals surface area contributed by atoms with E-state index in [0.717, 1.165) is 74.5 Å². The van der Waals surface area contributed by atoms with Gasteiger partial charge in [0, 0.05) is 21.8 Å². The maximum atomic E-state index is 6.68. The lowest BCUT2D eigenvalue weighted by Crippen LogP contribution is -2.30. The fourth-order valence-corrected chi connectivity index (χ4v) is 6.16. The number of allylic oxidation sites excluding steroid dienone is 6. The summed E-state index contributed by atoms with van der Waals surface area (Å²) in [6.07, 6.45) is 18.8. The van der Waals surface area contributed by atoms with Crippen molar-refractivity contribution in [3.8, 4) is 0 Å². The van der Waals surface area contributed by atoms with Gasteiger partial charge >= 0.3 is 0 Å². The second kappa shape index (κ2) is 8.92. The molecule has 1 atom stereocenters. The Morgan fingerprint density at radius 2 is 1.49 bits per heavy atom. The van der Waals surface area contributed by atoms with Crippen LogP contribution in [0.1, 0.15) is 24.8 Å². The van der Waals surface area contributed by atoms with Crippen LogP contribution in [0, 0.1) is 0 Å². The standard InChI is InChI=1S/C36H27NO2/c1-3-11-24(12-4-1)25-19-21-27(22-20-25)37(26-13-5-2-6-14-26)35-34-29-16-8-10-18-32(29)38-33(34)23-30-28-15-7-9-17-31(28)39-36(30)35/h2-3,5-13,15-23,26H,1,4,14H2. The monoisotopic (exact) mass is 505 g/mol. The number of furan rings is 2. The van der Waals surface area contributed by atoms with Crippen LogP contribution in [0.5, 0.6) is 0 Å². The van der Waals surface area contributed by atoms with Gasteiger partial charge in [-0.25, -0.2) is 0 Å². The van der Waals surface area contributed by atoms with E-state index in [2.05, 4.69) is 102 Å². The van der Waals surface area contributed by atoms with E-state index < -0.39 is 0 Å². The van der Waals surface area contributed by atoms with Crippen molar-refractivity contribution in [3.63, 3.8) is 0 Å². The molecule has 0 fully saturated rings. The zero-order chi connectivity index (χ0) is 25.8. The van der Waals surface area contributed by atoms with Gasteiger partial charge in [-0.15, -0.1) is 0 Å². The Labute approximate surface area is 226 Å². The molecule has 188 valence electrons. The molecule has 2 heterocycles. The van der Waals surface area contributed by atoms with Gasteiger partial charge in [-0.1, -0.05) is 91.1 Å². The highest BCUT2D eigenvalue weighted by atomic mass is 16.3. The van der Waals surface area contributed by atoms with E-state index in [4.69, 9.17) is 8.83 Å². The van der Waals surface area contributed by atoms with Crippen LogP contribution in [0.2, 0.25) is 0 Å². The smallest absolute Gasteiger partial charge is 0.159 e. The van der Waals surface area contributed by atoms with Crippen molar-refractivity contribution in [2.75, 3.05) is 4.90 Å². The summed E-state index contributed by atoms with van der Waals surface area (Å²) in [7, 11) is 0. The number of anilines is 2. The molecule has 1 unspecified atom stereocenters. The van der Waals surface area contributed by atoms with Gasteiger partial charge in [-0.3, -0.25) is 0 Å². The SMILES string of the molecule is C1=CCC(N(c2ccc(C3=CCCC=C3)cc2)c2c3oc4ccccc4c3cc3oc4ccccc4c23)C=C1. The van der Waals surface area contributed by atoms with Crippen LogP contribution >= 0.6 is 0 Å². The topological polar surface area (TPSA) is 29.5 Å². The lowest BCUT2D eigenvalue weighted by Gasteiger charge is -2.33. The van der Waals surface area contributed by atoms with E-state index in [1.165, 1.54) is 11.1 Å². The maximum absolute atomic E-state index is 6.68. The molecule has 2 aromatic heterocycles. The van der Waals surface area contributed by atoms with Gasteiger partial charge in [0.05, 0.1) is 17.1 Å². The van der Waals surface area contributed by atoms with Crippen molar-refractivity contribution in [1.82, 2.24) is 0 Å². The molecule has 0 saturated heterocycles. The van der Waals surface area contributed by atoms with E-state index in [9.17, 15) is 0 Å². The minimum Gasteiger partial charge on any atom is -0.456 e. The Morgan fingerprint density at radius 3 is 2.26 bits per heavy atom. The number of hydrogen-bond donors (Lipinski definition) is 0. The third-order valence-electron chi connectivity index (χ3n) is 7.99. The molecule has 2 aliphatic rings. The molecule has 0 amide bonds. The van der Waals surface area contributed by atoms with Crippen molar-refractivity contribution >= 4 is 60.8 Å². The third kappa shape index (κ3) is 3.58. The highest BCUT2D eigenvalue weighted by Gasteiger charge is 2.28. The van der Waals surface area contributed by atoms with Crippen molar-refractivity contribution in [2.24, 2.45) is 0 Å². The summed E-state index contributed by atoms with van der Waals surface area (Å²) in [5.41, 5.74) is 8.26. The zero-order valence-corrected chi connectivity index (χ0v) is 21.5. The predicted octanol–water partition coefficient (Wildman–Crippen LogP) is 10.2. The third-order valence-corrected chi connectivity index (χ3v) is 7.99. The van der Waals surface area contributed by atoms with Crippen molar-refractivity contribution in [2.45, 2.75) is 25.3 Å². The molecule has 0 aliphatic heterocycles. The lowest BCUT2D eigenvalue weighted by atomic mass is 9.98. The van der Waals surface area contributed by atoms with E-state index in [1.807, 2.05) is 24.3 Å². The summed E-state index contributed by atoms with van der Waals surface area (Å²) in [6.45, 7) is 0.